The second-order valence-electron chi connectivity index (χ2n) is 2.34. The Morgan fingerprint density at radius 2 is 2.44 bits per heavy atom. The van der Waals surface area contributed by atoms with Crippen LogP contribution in [0.2, 0.25) is 0 Å². The van der Waals surface area contributed by atoms with E-state index < -0.39 is 0 Å². The summed E-state index contributed by atoms with van der Waals surface area (Å²) in [5.41, 5.74) is 0. The van der Waals surface area contributed by atoms with Crippen molar-refractivity contribution in [3.8, 4) is 0 Å². The Labute approximate surface area is 57.4 Å². The highest BCUT2D eigenvalue weighted by molar-refractivity contribution is 5.86. The summed E-state index contributed by atoms with van der Waals surface area (Å²) in [7, 11) is 0. The highest BCUT2D eigenvalue weighted by Gasteiger charge is 1.94. The van der Waals surface area contributed by atoms with Crippen molar-refractivity contribution in [1.29, 1.82) is 0 Å². The molecule has 0 aromatic rings. The van der Waals surface area contributed by atoms with E-state index in [-0.39, 0.29) is 7.33 Å². The molecule has 0 bridgehead atoms. The molecule has 9 heavy (non-hydrogen) atoms. The number of carbonyl (C=O) groups excluding carboxylic acids is 1. The average molecular weight is 129 g/mol. The number of amides is 1. The molecule has 0 fully saturated rings. The first-order valence-corrected chi connectivity index (χ1v) is 3.07. The van der Waals surface area contributed by atoms with Gasteiger partial charge in [0.25, 0.3) is 0 Å². The van der Waals surface area contributed by atoms with Crippen LogP contribution in [0.25, 0.3) is 0 Å². The van der Waals surface area contributed by atoms with Gasteiger partial charge in [-0.15, -0.1) is 0 Å². The summed E-state index contributed by atoms with van der Waals surface area (Å²) >= 11 is 0. The van der Waals surface area contributed by atoms with Gasteiger partial charge in [0.1, 0.15) is 0 Å². The molecule has 0 aliphatic rings. The summed E-state index contributed by atoms with van der Waals surface area (Å²) in [4.78, 5) is 10.5. The van der Waals surface area contributed by atoms with Crippen LogP contribution in [-0.4, -0.2) is 12.5 Å². The minimum atomic E-state index is -0.0938. The fourth-order valence-corrected chi connectivity index (χ4v) is 0.377. The summed E-state index contributed by atoms with van der Waals surface area (Å²) in [6.07, 6.45) is 1.28. The molecule has 0 aliphatic heterocycles. The van der Waals surface area contributed by atoms with Crippen LogP contribution >= 0.6 is 0 Å². The number of rotatable bonds is 3. The van der Waals surface area contributed by atoms with E-state index in [1.165, 1.54) is 6.08 Å². The van der Waals surface area contributed by atoms with Gasteiger partial charge in [-0.3, -0.25) is 4.79 Å². The Kier molecular flexibility index (Phi) is 3.76. The summed E-state index contributed by atoms with van der Waals surface area (Å²) in [5.74, 6) is 0.414. The first-order chi connectivity index (χ1) is 4.16. The van der Waals surface area contributed by atoms with E-state index in [2.05, 4.69) is 11.9 Å². The predicted molar refractivity (Wildman–Crippen MR) is 40.2 cm³/mol. The van der Waals surface area contributed by atoms with Crippen LogP contribution in [0.3, 0.4) is 0 Å². The van der Waals surface area contributed by atoms with Gasteiger partial charge in [-0.25, -0.2) is 0 Å². The van der Waals surface area contributed by atoms with Gasteiger partial charge in [0.15, 0.2) is 0 Å². The first-order valence-electron chi connectivity index (χ1n) is 3.07. The van der Waals surface area contributed by atoms with Crippen molar-refractivity contribution in [3.05, 3.63) is 12.7 Å². The lowest BCUT2D eigenvalue weighted by Gasteiger charge is -2.03. The van der Waals surface area contributed by atoms with E-state index in [0.717, 1.165) is 6.54 Å². The van der Waals surface area contributed by atoms with Crippen LogP contribution in [0.1, 0.15) is 15.3 Å². The lowest BCUT2D eigenvalue weighted by Crippen LogP contribution is -2.24. The molecule has 1 N–H and O–H groups in total. The standard InChI is InChI=1S/C7H13NO.H2/c1-4-7(9)8-5-6(2)3;/h4,6H,1,5H2,2-3H3,(H,8,9);1H. The molecule has 54 valence electrons. The van der Waals surface area contributed by atoms with E-state index in [0.29, 0.717) is 5.92 Å². The molecule has 0 aliphatic carbocycles. The molecule has 0 heterocycles. The summed E-state index contributed by atoms with van der Waals surface area (Å²) in [6, 6.07) is 0. The minimum Gasteiger partial charge on any atom is -0.352 e. The quantitative estimate of drug-likeness (QED) is 0.570. The second-order valence-corrected chi connectivity index (χ2v) is 2.34. The van der Waals surface area contributed by atoms with Crippen LogP contribution in [-0.2, 0) is 4.79 Å². The molecule has 2 heteroatoms. The number of nitrogens with one attached hydrogen (secondary N) is 1. The van der Waals surface area contributed by atoms with Crippen LogP contribution in [0.5, 0.6) is 0 Å². The van der Waals surface area contributed by atoms with Crippen LogP contribution in [0, 0.1) is 5.92 Å². The fraction of sp³-hybridized carbons (Fsp3) is 0.571. The third kappa shape index (κ3) is 5.07. The van der Waals surface area contributed by atoms with E-state index in [9.17, 15) is 4.79 Å². The van der Waals surface area contributed by atoms with Crippen molar-refractivity contribution in [2.45, 2.75) is 13.8 Å². The Balaban J connectivity index is 0. The maximum absolute atomic E-state index is 10.5. The topological polar surface area (TPSA) is 29.1 Å². The molecule has 0 aromatic heterocycles. The Hall–Kier alpha value is -0.790. The summed E-state index contributed by atoms with van der Waals surface area (Å²) in [5, 5.41) is 2.67. The molecule has 0 saturated heterocycles. The second kappa shape index (κ2) is 4.13. The molecular formula is C7H15NO. The SMILES string of the molecule is C=CC(=O)NCC(C)C.[HH]. The van der Waals surface area contributed by atoms with Gasteiger partial charge in [0.2, 0.25) is 5.91 Å². The molecular weight excluding hydrogens is 114 g/mol. The van der Waals surface area contributed by atoms with E-state index in [4.69, 9.17) is 0 Å². The highest BCUT2D eigenvalue weighted by atomic mass is 16.1. The molecule has 0 unspecified atom stereocenters. The maximum atomic E-state index is 10.5. The van der Waals surface area contributed by atoms with Crippen molar-refractivity contribution in [2.75, 3.05) is 6.54 Å². The molecule has 0 rings (SSSR count). The lowest BCUT2D eigenvalue weighted by atomic mass is 10.2. The minimum absolute atomic E-state index is 0. The van der Waals surface area contributed by atoms with Gasteiger partial charge in [0, 0.05) is 7.97 Å². The Bertz CT molecular complexity index is 112. The lowest BCUT2D eigenvalue weighted by molar-refractivity contribution is -0.116. The molecule has 0 spiro atoms. The predicted octanol–water partition coefficient (Wildman–Crippen LogP) is 1.19. The average Bonchev–Trinajstić information content (AvgIpc) is 1.83. The maximum Gasteiger partial charge on any atom is 0.243 e. The van der Waals surface area contributed by atoms with Gasteiger partial charge in [-0.1, -0.05) is 20.4 Å². The van der Waals surface area contributed by atoms with E-state index in [1.54, 1.807) is 0 Å². The van der Waals surface area contributed by atoms with Crippen molar-refractivity contribution in [1.82, 2.24) is 5.32 Å². The van der Waals surface area contributed by atoms with Crippen molar-refractivity contribution < 1.29 is 6.22 Å². The number of hydrogen-bond acceptors (Lipinski definition) is 1. The smallest absolute Gasteiger partial charge is 0.243 e. The molecule has 0 saturated carbocycles. The van der Waals surface area contributed by atoms with E-state index >= 15 is 0 Å². The van der Waals surface area contributed by atoms with Crippen LogP contribution in [0.4, 0.5) is 0 Å². The molecule has 0 aromatic carbocycles. The first kappa shape index (κ1) is 8.21. The third-order valence-corrected chi connectivity index (χ3v) is 0.870. The Morgan fingerprint density at radius 3 is 2.78 bits per heavy atom. The van der Waals surface area contributed by atoms with Crippen molar-refractivity contribution in [2.24, 2.45) is 5.92 Å². The zero-order valence-corrected chi connectivity index (χ0v) is 5.98. The number of carbonyl (C=O) groups is 1. The normalized spacial score (nSPS) is 9.22. The Morgan fingerprint density at radius 1 is 1.89 bits per heavy atom. The summed E-state index contributed by atoms with van der Waals surface area (Å²) in [6.45, 7) is 8.14. The van der Waals surface area contributed by atoms with E-state index in [1.807, 2.05) is 13.8 Å². The van der Waals surface area contributed by atoms with Gasteiger partial charge < -0.3 is 5.32 Å². The molecule has 1 amide bonds. The monoisotopic (exact) mass is 129 g/mol. The third-order valence-electron chi connectivity index (χ3n) is 0.870. The van der Waals surface area contributed by atoms with Crippen molar-refractivity contribution >= 4 is 5.91 Å². The molecule has 0 radical (unpaired) electrons. The summed E-state index contributed by atoms with van der Waals surface area (Å²) < 4.78 is 0. The highest BCUT2D eigenvalue weighted by Crippen LogP contribution is 1.86. The van der Waals surface area contributed by atoms with Gasteiger partial charge in [-0.05, 0) is 12.0 Å². The largest absolute Gasteiger partial charge is 0.352 e. The van der Waals surface area contributed by atoms with Crippen LogP contribution < -0.4 is 5.32 Å². The molecule has 2 nitrogen and oxygen atoms in total. The molecule has 0 atom stereocenters. The van der Waals surface area contributed by atoms with Crippen molar-refractivity contribution in [3.63, 3.8) is 0 Å². The zero-order valence-electron chi connectivity index (χ0n) is 5.98. The number of hydrogen-bond donors (Lipinski definition) is 1. The van der Waals surface area contributed by atoms with Gasteiger partial charge in [0.05, 0.1) is 0 Å². The fourth-order valence-electron chi connectivity index (χ4n) is 0.377. The van der Waals surface area contributed by atoms with Gasteiger partial charge >= 0.3 is 0 Å². The van der Waals surface area contributed by atoms with Gasteiger partial charge in [-0.2, -0.15) is 0 Å². The zero-order chi connectivity index (χ0) is 7.28. The van der Waals surface area contributed by atoms with Crippen LogP contribution in [0.15, 0.2) is 12.7 Å².